The maximum Gasteiger partial charge on any atom is 0.255 e. The van der Waals surface area contributed by atoms with Crippen molar-refractivity contribution in [1.82, 2.24) is 5.32 Å². The van der Waals surface area contributed by atoms with E-state index in [1.54, 1.807) is 18.2 Å². The van der Waals surface area contributed by atoms with Crippen molar-refractivity contribution in [1.29, 1.82) is 0 Å². The standard InChI is InChI=1S/C15H23NO4/c1-3-19-14(20-4-2)10-7-11-16-15(18)12-8-5-6-9-13(12)17/h5-6,8-9,14,17H,3-4,7,10-11H2,1-2H3,(H,16,18). The molecular formula is C15H23NO4. The molecule has 0 atom stereocenters. The first-order valence-electron chi connectivity index (χ1n) is 6.98. The molecule has 1 amide bonds. The van der Waals surface area contributed by atoms with E-state index in [1.165, 1.54) is 6.07 Å². The molecule has 0 saturated carbocycles. The lowest BCUT2D eigenvalue weighted by Gasteiger charge is -2.16. The van der Waals surface area contributed by atoms with Gasteiger partial charge in [0.1, 0.15) is 5.75 Å². The fourth-order valence-electron chi connectivity index (χ4n) is 1.82. The van der Waals surface area contributed by atoms with Crippen LogP contribution < -0.4 is 5.32 Å². The second kappa shape index (κ2) is 9.34. The van der Waals surface area contributed by atoms with E-state index >= 15 is 0 Å². The van der Waals surface area contributed by atoms with Crippen LogP contribution in [0.25, 0.3) is 0 Å². The van der Waals surface area contributed by atoms with E-state index in [4.69, 9.17) is 9.47 Å². The van der Waals surface area contributed by atoms with E-state index in [0.29, 0.717) is 25.3 Å². The van der Waals surface area contributed by atoms with Crippen LogP contribution in [0.4, 0.5) is 0 Å². The van der Waals surface area contributed by atoms with Gasteiger partial charge >= 0.3 is 0 Å². The number of aromatic hydroxyl groups is 1. The van der Waals surface area contributed by atoms with Crippen LogP contribution in [0, 0.1) is 0 Å². The Morgan fingerprint density at radius 2 is 1.90 bits per heavy atom. The van der Waals surface area contributed by atoms with Gasteiger partial charge in [0, 0.05) is 26.2 Å². The van der Waals surface area contributed by atoms with Crippen molar-refractivity contribution in [3.63, 3.8) is 0 Å². The molecule has 0 aromatic heterocycles. The Balaban J connectivity index is 2.30. The second-order valence-electron chi connectivity index (χ2n) is 4.26. The number of phenolic OH excluding ortho intramolecular Hbond substituents is 1. The number of phenols is 1. The Morgan fingerprint density at radius 1 is 1.25 bits per heavy atom. The molecule has 20 heavy (non-hydrogen) atoms. The number of amides is 1. The predicted octanol–water partition coefficient (Wildman–Crippen LogP) is 2.30. The monoisotopic (exact) mass is 281 g/mol. The molecule has 0 aliphatic heterocycles. The first kappa shape index (κ1) is 16.5. The van der Waals surface area contributed by atoms with Crippen molar-refractivity contribution in [2.75, 3.05) is 19.8 Å². The normalized spacial score (nSPS) is 10.8. The van der Waals surface area contributed by atoms with Crippen LogP contribution in [0.3, 0.4) is 0 Å². The Hall–Kier alpha value is -1.59. The summed E-state index contributed by atoms with van der Waals surface area (Å²) in [4.78, 5) is 11.8. The molecule has 0 fully saturated rings. The van der Waals surface area contributed by atoms with Crippen LogP contribution in [0.1, 0.15) is 37.0 Å². The molecule has 0 aliphatic carbocycles. The molecule has 1 aromatic carbocycles. The molecule has 0 aliphatic rings. The Bertz CT molecular complexity index is 403. The summed E-state index contributed by atoms with van der Waals surface area (Å²) in [6.07, 6.45) is 1.26. The van der Waals surface area contributed by atoms with Crippen LogP contribution in [-0.4, -0.2) is 37.1 Å². The lowest BCUT2D eigenvalue weighted by atomic mass is 10.2. The molecule has 0 heterocycles. The Morgan fingerprint density at radius 3 is 2.50 bits per heavy atom. The number of hydrogen-bond donors (Lipinski definition) is 2. The fourth-order valence-corrected chi connectivity index (χ4v) is 1.82. The third kappa shape index (κ3) is 5.59. The largest absolute Gasteiger partial charge is 0.507 e. The highest BCUT2D eigenvalue weighted by Crippen LogP contribution is 2.15. The fraction of sp³-hybridized carbons (Fsp3) is 0.533. The number of para-hydroxylation sites is 1. The second-order valence-corrected chi connectivity index (χ2v) is 4.26. The zero-order chi connectivity index (χ0) is 14.8. The van der Waals surface area contributed by atoms with E-state index in [2.05, 4.69) is 5.32 Å². The van der Waals surface area contributed by atoms with Gasteiger partial charge in [-0.15, -0.1) is 0 Å². The van der Waals surface area contributed by atoms with Crippen molar-refractivity contribution in [3.8, 4) is 5.75 Å². The average molecular weight is 281 g/mol. The summed E-state index contributed by atoms with van der Waals surface area (Å²) in [5.41, 5.74) is 0.290. The van der Waals surface area contributed by atoms with Gasteiger partial charge in [-0.2, -0.15) is 0 Å². The third-order valence-corrected chi connectivity index (χ3v) is 2.76. The summed E-state index contributed by atoms with van der Waals surface area (Å²) in [6.45, 7) is 5.57. The molecular weight excluding hydrogens is 258 g/mol. The van der Waals surface area contributed by atoms with Gasteiger partial charge in [-0.25, -0.2) is 0 Å². The van der Waals surface area contributed by atoms with Gasteiger partial charge in [-0.3, -0.25) is 4.79 Å². The summed E-state index contributed by atoms with van der Waals surface area (Å²) in [5.74, 6) is -0.279. The van der Waals surface area contributed by atoms with Crippen LogP contribution in [0.15, 0.2) is 24.3 Å². The van der Waals surface area contributed by atoms with Crippen LogP contribution in [-0.2, 0) is 9.47 Å². The summed E-state index contributed by atoms with van der Waals surface area (Å²) >= 11 is 0. The molecule has 5 heteroatoms. The number of hydrogen-bond acceptors (Lipinski definition) is 4. The summed E-state index contributed by atoms with van der Waals surface area (Å²) < 4.78 is 10.8. The first-order valence-corrected chi connectivity index (χ1v) is 6.98. The molecule has 5 nitrogen and oxygen atoms in total. The molecule has 0 unspecified atom stereocenters. The number of benzene rings is 1. The van der Waals surface area contributed by atoms with Crippen molar-refractivity contribution < 1.29 is 19.4 Å². The molecule has 0 saturated heterocycles. The Labute approximate surface area is 119 Å². The number of carbonyl (C=O) groups excluding carboxylic acids is 1. The lowest BCUT2D eigenvalue weighted by molar-refractivity contribution is -0.139. The van der Waals surface area contributed by atoms with E-state index in [1.807, 2.05) is 13.8 Å². The quantitative estimate of drug-likeness (QED) is 0.538. The van der Waals surface area contributed by atoms with Gasteiger partial charge in [0.2, 0.25) is 0 Å². The van der Waals surface area contributed by atoms with E-state index in [0.717, 1.165) is 12.8 Å². The molecule has 112 valence electrons. The highest BCUT2D eigenvalue weighted by molar-refractivity contribution is 5.96. The number of ether oxygens (including phenoxy) is 2. The zero-order valence-electron chi connectivity index (χ0n) is 12.1. The lowest BCUT2D eigenvalue weighted by Crippen LogP contribution is -2.26. The van der Waals surface area contributed by atoms with Gasteiger partial charge in [0.25, 0.3) is 5.91 Å². The third-order valence-electron chi connectivity index (χ3n) is 2.76. The molecule has 0 spiro atoms. The minimum absolute atomic E-state index is 0.00786. The maximum absolute atomic E-state index is 11.8. The maximum atomic E-state index is 11.8. The Kier molecular flexibility index (Phi) is 7.69. The van der Waals surface area contributed by atoms with E-state index in [9.17, 15) is 9.90 Å². The summed E-state index contributed by atoms with van der Waals surface area (Å²) in [5, 5.41) is 12.3. The average Bonchev–Trinajstić information content (AvgIpc) is 2.44. The van der Waals surface area contributed by atoms with Gasteiger partial charge in [-0.05, 0) is 32.4 Å². The number of carbonyl (C=O) groups is 1. The summed E-state index contributed by atoms with van der Waals surface area (Å²) in [7, 11) is 0. The minimum Gasteiger partial charge on any atom is -0.507 e. The number of rotatable bonds is 9. The van der Waals surface area contributed by atoms with Crippen LogP contribution in [0.5, 0.6) is 5.75 Å². The van der Waals surface area contributed by atoms with E-state index < -0.39 is 0 Å². The molecule has 0 bridgehead atoms. The topological polar surface area (TPSA) is 67.8 Å². The highest BCUT2D eigenvalue weighted by atomic mass is 16.7. The minimum atomic E-state index is -0.271. The molecule has 2 N–H and O–H groups in total. The van der Waals surface area contributed by atoms with Crippen LogP contribution >= 0.6 is 0 Å². The van der Waals surface area contributed by atoms with Crippen molar-refractivity contribution >= 4 is 5.91 Å². The predicted molar refractivity (Wildman–Crippen MR) is 76.7 cm³/mol. The first-order chi connectivity index (χ1) is 9.69. The van der Waals surface area contributed by atoms with Gasteiger partial charge < -0.3 is 19.9 Å². The van der Waals surface area contributed by atoms with Crippen LogP contribution in [0.2, 0.25) is 0 Å². The summed E-state index contributed by atoms with van der Waals surface area (Å²) in [6, 6.07) is 6.48. The molecule has 1 rings (SSSR count). The molecule has 1 aromatic rings. The molecule has 0 radical (unpaired) electrons. The highest BCUT2D eigenvalue weighted by Gasteiger charge is 2.11. The smallest absolute Gasteiger partial charge is 0.255 e. The van der Waals surface area contributed by atoms with Gasteiger partial charge in [-0.1, -0.05) is 12.1 Å². The van der Waals surface area contributed by atoms with Gasteiger partial charge in [0.15, 0.2) is 6.29 Å². The van der Waals surface area contributed by atoms with Crippen molar-refractivity contribution in [2.24, 2.45) is 0 Å². The van der Waals surface area contributed by atoms with Crippen molar-refractivity contribution in [3.05, 3.63) is 29.8 Å². The van der Waals surface area contributed by atoms with Crippen molar-refractivity contribution in [2.45, 2.75) is 33.0 Å². The van der Waals surface area contributed by atoms with E-state index in [-0.39, 0.29) is 17.9 Å². The van der Waals surface area contributed by atoms with Gasteiger partial charge in [0.05, 0.1) is 5.56 Å². The number of nitrogens with one attached hydrogen (secondary N) is 1. The zero-order valence-corrected chi connectivity index (χ0v) is 12.1. The SMILES string of the molecule is CCOC(CCCNC(=O)c1ccccc1O)OCC.